The minimum atomic E-state index is -0.684. The molecule has 1 unspecified atom stereocenters. The summed E-state index contributed by atoms with van der Waals surface area (Å²) in [5.74, 6) is -1.14. The number of benzene rings is 1. The average Bonchev–Trinajstić information content (AvgIpc) is 3.07. The van der Waals surface area contributed by atoms with Crippen LogP contribution >= 0.6 is 0 Å². The molecule has 0 radical (unpaired) electrons. The molecule has 1 atom stereocenters. The lowest BCUT2D eigenvalue weighted by Crippen LogP contribution is -2.52. The van der Waals surface area contributed by atoms with Crippen LogP contribution in [0.25, 0.3) is 0 Å². The van der Waals surface area contributed by atoms with Crippen LogP contribution < -0.4 is 15.4 Å². The number of methoxy groups -OCH3 is 1. The molecule has 0 aliphatic carbocycles. The molecule has 0 saturated carbocycles. The molecule has 1 aromatic rings. The Kier molecular flexibility index (Phi) is 3.09. The van der Waals surface area contributed by atoms with Crippen molar-refractivity contribution < 1.29 is 23.9 Å². The van der Waals surface area contributed by atoms with E-state index >= 15 is 0 Å². The largest absolute Gasteiger partial charge is 0.495 e. The molecule has 3 heterocycles. The van der Waals surface area contributed by atoms with Gasteiger partial charge in [0.25, 0.3) is 11.8 Å². The fraction of sp³-hybridized carbons (Fsp3) is 0.375. The lowest BCUT2D eigenvalue weighted by molar-refractivity contribution is -0.136. The number of imide groups is 1. The molecule has 0 spiro atoms. The van der Waals surface area contributed by atoms with Gasteiger partial charge in [-0.25, -0.2) is 0 Å². The van der Waals surface area contributed by atoms with E-state index in [2.05, 4.69) is 10.6 Å². The number of ether oxygens (including phenoxy) is 1. The zero-order valence-corrected chi connectivity index (χ0v) is 13.0. The molecule has 3 aliphatic heterocycles. The van der Waals surface area contributed by atoms with Crippen molar-refractivity contribution in [1.82, 2.24) is 15.5 Å². The highest BCUT2D eigenvalue weighted by atomic mass is 16.5. The number of carbonyl (C=O) groups is 4. The molecule has 1 saturated heterocycles. The molecule has 8 heteroatoms. The van der Waals surface area contributed by atoms with Gasteiger partial charge in [-0.2, -0.15) is 0 Å². The molecule has 0 aromatic heterocycles. The maximum atomic E-state index is 12.9. The Balaban J connectivity index is 1.75. The van der Waals surface area contributed by atoms with E-state index in [1.54, 1.807) is 0 Å². The number of amides is 4. The molecule has 4 amide bonds. The van der Waals surface area contributed by atoms with Crippen LogP contribution in [-0.4, -0.2) is 41.7 Å². The molecular weight excluding hydrogens is 314 g/mol. The van der Waals surface area contributed by atoms with Gasteiger partial charge < -0.3 is 15.0 Å². The van der Waals surface area contributed by atoms with Crippen LogP contribution in [-0.2, 0) is 22.7 Å². The number of rotatable bonds is 2. The smallest absolute Gasteiger partial charge is 0.258 e. The molecule has 1 fully saturated rings. The second-order valence-corrected chi connectivity index (χ2v) is 6.06. The minimum Gasteiger partial charge on any atom is -0.495 e. The van der Waals surface area contributed by atoms with Gasteiger partial charge in [-0.05, 0) is 17.5 Å². The third-order valence-electron chi connectivity index (χ3n) is 4.72. The third-order valence-corrected chi connectivity index (χ3v) is 4.72. The summed E-state index contributed by atoms with van der Waals surface area (Å²) in [5, 5.41) is 4.99. The highest BCUT2D eigenvalue weighted by Crippen LogP contribution is 2.39. The van der Waals surface area contributed by atoms with Crippen LogP contribution in [0.5, 0.6) is 5.75 Å². The number of fused-ring (bicyclic) bond motifs is 2. The minimum absolute atomic E-state index is 0.201. The number of piperidine rings is 1. The average molecular weight is 329 g/mol. The van der Waals surface area contributed by atoms with E-state index in [4.69, 9.17) is 4.74 Å². The van der Waals surface area contributed by atoms with Gasteiger partial charge in [0, 0.05) is 19.5 Å². The fourth-order valence-electron chi connectivity index (χ4n) is 3.62. The Morgan fingerprint density at radius 1 is 1.17 bits per heavy atom. The number of nitrogens with zero attached hydrogens (tertiary/aromatic N) is 1. The third kappa shape index (κ3) is 1.92. The molecule has 24 heavy (non-hydrogen) atoms. The molecular formula is C16H15N3O5. The first-order valence-corrected chi connectivity index (χ1v) is 7.67. The Hall–Kier alpha value is -2.90. The summed E-state index contributed by atoms with van der Waals surface area (Å²) in [6.45, 7) is 0.655. The number of hydrogen-bond acceptors (Lipinski definition) is 5. The van der Waals surface area contributed by atoms with E-state index in [1.807, 2.05) is 6.07 Å². The summed E-state index contributed by atoms with van der Waals surface area (Å²) in [4.78, 5) is 49.7. The van der Waals surface area contributed by atoms with Gasteiger partial charge in [0.15, 0.2) is 0 Å². The first kappa shape index (κ1) is 14.7. The first-order valence-electron chi connectivity index (χ1n) is 7.67. The van der Waals surface area contributed by atoms with Crippen molar-refractivity contribution >= 4 is 23.6 Å². The second kappa shape index (κ2) is 5.05. The van der Waals surface area contributed by atoms with Crippen LogP contribution in [0.3, 0.4) is 0 Å². The van der Waals surface area contributed by atoms with Crippen molar-refractivity contribution in [2.24, 2.45) is 0 Å². The van der Waals surface area contributed by atoms with E-state index in [0.29, 0.717) is 24.1 Å². The fourth-order valence-corrected chi connectivity index (χ4v) is 3.62. The maximum absolute atomic E-state index is 12.9. The Bertz CT molecular complexity index is 816. The van der Waals surface area contributed by atoms with Gasteiger partial charge in [0.2, 0.25) is 11.8 Å². The van der Waals surface area contributed by atoms with Crippen molar-refractivity contribution in [3.63, 3.8) is 0 Å². The summed E-state index contributed by atoms with van der Waals surface area (Å²) in [6.07, 6.45) is 0.499. The van der Waals surface area contributed by atoms with Crippen molar-refractivity contribution in [3.05, 3.63) is 28.3 Å². The second-order valence-electron chi connectivity index (χ2n) is 6.06. The van der Waals surface area contributed by atoms with E-state index in [-0.39, 0.29) is 36.4 Å². The zero-order chi connectivity index (χ0) is 17.0. The molecule has 0 bridgehead atoms. The Morgan fingerprint density at radius 2 is 1.96 bits per heavy atom. The molecule has 8 nitrogen and oxygen atoms in total. The van der Waals surface area contributed by atoms with E-state index in [1.165, 1.54) is 12.0 Å². The summed E-state index contributed by atoms with van der Waals surface area (Å²) >= 11 is 0. The van der Waals surface area contributed by atoms with E-state index in [0.717, 1.165) is 11.1 Å². The summed E-state index contributed by atoms with van der Waals surface area (Å²) in [7, 11) is 1.42. The lowest BCUT2D eigenvalue weighted by atomic mass is 9.99. The quantitative estimate of drug-likeness (QED) is 0.725. The molecule has 124 valence electrons. The summed E-state index contributed by atoms with van der Waals surface area (Å²) in [5.41, 5.74) is 2.23. The molecule has 4 rings (SSSR count). The normalized spacial score (nSPS) is 22.2. The lowest BCUT2D eigenvalue weighted by Gasteiger charge is -2.29. The molecule has 3 aliphatic rings. The highest BCUT2D eigenvalue weighted by molar-refractivity contribution is 6.10. The van der Waals surface area contributed by atoms with Crippen molar-refractivity contribution in [2.45, 2.75) is 32.0 Å². The number of hydrogen-bond donors (Lipinski definition) is 2. The van der Waals surface area contributed by atoms with Gasteiger partial charge >= 0.3 is 0 Å². The maximum Gasteiger partial charge on any atom is 0.258 e. The van der Waals surface area contributed by atoms with Crippen molar-refractivity contribution in [1.29, 1.82) is 0 Å². The number of nitrogens with one attached hydrogen (secondary N) is 2. The zero-order valence-electron chi connectivity index (χ0n) is 13.0. The first-order chi connectivity index (χ1) is 11.5. The Morgan fingerprint density at radius 3 is 2.67 bits per heavy atom. The molecule has 2 N–H and O–H groups in total. The SMILES string of the molecule is COc1c2c(cc3c1C(=O)N(C1CCC(=O)NC1=O)C3)CNC2=O. The van der Waals surface area contributed by atoms with E-state index in [9.17, 15) is 19.2 Å². The van der Waals surface area contributed by atoms with Crippen LogP contribution in [0.1, 0.15) is 44.7 Å². The van der Waals surface area contributed by atoms with Gasteiger partial charge in [-0.3, -0.25) is 24.5 Å². The Labute approximate surface area is 137 Å². The van der Waals surface area contributed by atoms with Crippen LogP contribution in [0.2, 0.25) is 0 Å². The van der Waals surface area contributed by atoms with Gasteiger partial charge in [0.1, 0.15) is 11.8 Å². The standard InChI is InChI=1S/C16H15N3O5/c1-24-13-11-7(5-17-15(11)22)4-8-6-19(16(23)12(8)13)9-2-3-10(20)18-14(9)21/h4,9H,2-3,5-6H2,1H3,(H,17,22)(H,18,20,21). The van der Waals surface area contributed by atoms with E-state index < -0.39 is 11.9 Å². The van der Waals surface area contributed by atoms with Gasteiger partial charge in [-0.15, -0.1) is 0 Å². The predicted molar refractivity (Wildman–Crippen MR) is 80.2 cm³/mol. The van der Waals surface area contributed by atoms with Gasteiger partial charge in [0.05, 0.1) is 18.2 Å². The summed E-state index contributed by atoms with van der Waals surface area (Å²) in [6, 6.07) is 1.13. The monoisotopic (exact) mass is 329 g/mol. The topological polar surface area (TPSA) is 105 Å². The van der Waals surface area contributed by atoms with Crippen molar-refractivity contribution in [2.75, 3.05) is 7.11 Å². The van der Waals surface area contributed by atoms with Crippen molar-refractivity contribution in [3.8, 4) is 5.75 Å². The highest BCUT2D eigenvalue weighted by Gasteiger charge is 2.42. The molecule has 1 aromatic carbocycles. The van der Waals surface area contributed by atoms with Crippen LogP contribution in [0.4, 0.5) is 0 Å². The predicted octanol–water partition coefficient (Wildman–Crippen LogP) is -0.300. The summed E-state index contributed by atoms with van der Waals surface area (Å²) < 4.78 is 5.36. The number of carbonyl (C=O) groups excluding carboxylic acids is 4. The van der Waals surface area contributed by atoms with Crippen LogP contribution in [0.15, 0.2) is 6.07 Å². The van der Waals surface area contributed by atoms with Gasteiger partial charge in [-0.1, -0.05) is 6.07 Å². The van der Waals surface area contributed by atoms with Crippen LogP contribution in [0, 0.1) is 0 Å².